The summed E-state index contributed by atoms with van der Waals surface area (Å²) in [6.07, 6.45) is -5.56. The van der Waals surface area contributed by atoms with Crippen molar-refractivity contribution in [3.05, 3.63) is 94.5 Å². The van der Waals surface area contributed by atoms with Gasteiger partial charge >= 0.3 is 0 Å². The number of rotatable bonds is 8. The largest absolute Gasteiger partial charge is 0.496 e. The summed E-state index contributed by atoms with van der Waals surface area (Å²) in [5.41, 5.74) is 4.88. The average molecular weight is 523 g/mol. The monoisotopic (exact) mass is 522 g/mol. The molecule has 8 heteroatoms. The first-order chi connectivity index (χ1) is 18.4. The highest BCUT2D eigenvalue weighted by molar-refractivity contribution is 5.42. The molecule has 2 heterocycles. The van der Waals surface area contributed by atoms with Crippen molar-refractivity contribution < 1.29 is 39.4 Å². The van der Waals surface area contributed by atoms with Gasteiger partial charge in [-0.2, -0.15) is 0 Å². The molecule has 5 rings (SSSR count). The Hall–Kier alpha value is -2.98. The fourth-order valence-electron chi connectivity index (χ4n) is 5.28. The number of hydrogen-bond acceptors (Lipinski definition) is 8. The number of ether oxygens (including phenoxy) is 4. The van der Waals surface area contributed by atoms with Gasteiger partial charge in [0.15, 0.2) is 0 Å². The third-order valence-electron chi connectivity index (χ3n) is 7.39. The zero-order valence-corrected chi connectivity index (χ0v) is 21.4. The Bertz CT molecular complexity index is 1230. The van der Waals surface area contributed by atoms with Crippen LogP contribution >= 0.6 is 0 Å². The molecule has 2 aliphatic heterocycles. The summed E-state index contributed by atoms with van der Waals surface area (Å²) in [6, 6.07) is 21.4. The lowest BCUT2D eigenvalue weighted by Gasteiger charge is -2.40. The maximum atomic E-state index is 10.5. The van der Waals surface area contributed by atoms with Crippen molar-refractivity contribution in [3.8, 4) is 11.5 Å². The van der Waals surface area contributed by atoms with Crippen molar-refractivity contribution in [1.82, 2.24) is 0 Å². The lowest BCUT2D eigenvalue weighted by atomic mass is 9.90. The summed E-state index contributed by atoms with van der Waals surface area (Å²) in [4.78, 5) is 0. The van der Waals surface area contributed by atoms with Crippen LogP contribution in [0.4, 0.5) is 0 Å². The number of benzene rings is 3. The molecule has 0 radical (unpaired) electrons. The molecule has 202 valence electrons. The van der Waals surface area contributed by atoms with E-state index in [0.29, 0.717) is 24.3 Å². The van der Waals surface area contributed by atoms with Crippen LogP contribution in [0.5, 0.6) is 11.5 Å². The van der Waals surface area contributed by atoms with Gasteiger partial charge in [0.1, 0.15) is 54.7 Å². The van der Waals surface area contributed by atoms with Crippen molar-refractivity contribution in [1.29, 1.82) is 0 Å². The van der Waals surface area contributed by atoms with Gasteiger partial charge in [-0.25, -0.2) is 0 Å². The molecular formula is C30H34O8. The molecule has 0 bridgehead atoms. The van der Waals surface area contributed by atoms with Gasteiger partial charge in [0.25, 0.3) is 0 Å². The van der Waals surface area contributed by atoms with Crippen molar-refractivity contribution >= 4 is 0 Å². The van der Waals surface area contributed by atoms with Crippen LogP contribution in [0, 0.1) is 0 Å². The van der Waals surface area contributed by atoms with Crippen LogP contribution in [0.3, 0.4) is 0 Å². The first-order valence-corrected chi connectivity index (χ1v) is 12.8. The first kappa shape index (κ1) is 26.6. The highest BCUT2D eigenvalue weighted by Gasteiger charge is 2.44. The van der Waals surface area contributed by atoms with E-state index in [0.717, 1.165) is 16.9 Å². The average Bonchev–Trinajstić information content (AvgIpc) is 3.27. The molecule has 38 heavy (non-hydrogen) atoms. The summed E-state index contributed by atoms with van der Waals surface area (Å²) in [6.45, 7) is 2.00. The van der Waals surface area contributed by atoms with E-state index in [9.17, 15) is 20.4 Å². The third kappa shape index (κ3) is 5.29. The number of fused-ring (bicyclic) bond motifs is 1. The van der Waals surface area contributed by atoms with Crippen molar-refractivity contribution in [2.75, 3.05) is 20.3 Å². The van der Waals surface area contributed by atoms with E-state index in [-0.39, 0.29) is 12.2 Å². The first-order valence-electron chi connectivity index (χ1n) is 12.8. The van der Waals surface area contributed by atoms with E-state index in [1.165, 1.54) is 11.1 Å². The number of hydrogen-bond donors (Lipinski definition) is 4. The maximum absolute atomic E-state index is 10.5. The maximum Gasteiger partial charge on any atom is 0.122 e. The Balaban J connectivity index is 1.27. The van der Waals surface area contributed by atoms with Crippen LogP contribution in [0.25, 0.3) is 0 Å². The second-order valence-corrected chi connectivity index (χ2v) is 9.85. The molecule has 0 spiro atoms. The van der Waals surface area contributed by atoms with Crippen LogP contribution in [0.15, 0.2) is 66.7 Å². The van der Waals surface area contributed by atoms with Crippen molar-refractivity contribution in [2.24, 2.45) is 0 Å². The number of aliphatic hydroxyl groups excluding tert-OH is 4. The van der Waals surface area contributed by atoms with E-state index in [1.54, 1.807) is 19.2 Å². The Morgan fingerprint density at radius 2 is 1.58 bits per heavy atom. The van der Waals surface area contributed by atoms with Gasteiger partial charge in [0.2, 0.25) is 0 Å². The lowest BCUT2D eigenvalue weighted by molar-refractivity contribution is -0.231. The molecular weight excluding hydrogens is 488 g/mol. The Morgan fingerprint density at radius 1 is 0.842 bits per heavy atom. The van der Waals surface area contributed by atoms with E-state index in [2.05, 4.69) is 19.1 Å². The van der Waals surface area contributed by atoms with Crippen LogP contribution in [-0.2, 0) is 15.9 Å². The molecule has 3 aromatic carbocycles. The summed E-state index contributed by atoms with van der Waals surface area (Å²) >= 11 is 0. The molecule has 1 saturated heterocycles. The fraction of sp³-hybridized carbons (Fsp3) is 0.400. The van der Waals surface area contributed by atoms with Crippen molar-refractivity contribution in [2.45, 2.75) is 56.1 Å². The highest BCUT2D eigenvalue weighted by atomic mass is 16.5. The van der Waals surface area contributed by atoms with Gasteiger partial charge in [-0.1, -0.05) is 42.5 Å². The SMILES string of the molecule is COc1ccc([C@@H]2O[C@H](CO)[C@@H](O)[C@H](O)[C@H]2O)cc1Cc1ccc(OCC2OC(C)c3ccccc32)cc1. The molecule has 0 amide bonds. The molecule has 4 N–H and O–H groups in total. The van der Waals surface area contributed by atoms with E-state index in [1.807, 2.05) is 42.5 Å². The topological polar surface area (TPSA) is 118 Å². The Labute approximate surface area is 222 Å². The normalized spacial score (nSPS) is 28.6. The Kier molecular flexibility index (Phi) is 7.99. The van der Waals surface area contributed by atoms with Crippen LogP contribution in [0.1, 0.15) is 53.1 Å². The fourth-order valence-corrected chi connectivity index (χ4v) is 5.28. The van der Waals surface area contributed by atoms with Crippen LogP contribution < -0.4 is 9.47 Å². The third-order valence-corrected chi connectivity index (χ3v) is 7.39. The van der Waals surface area contributed by atoms with Gasteiger partial charge < -0.3 is 39.4 Å². The molecule has 8 nitrogen and oxygen atoms in total. The van der Waals surface area contributed by atoms with Gasteiger partial charge in [-0.15, -0.1) is 0 Å². The minimum atomic E-state index is -1.43. The molecule has 0 aliphatic carbocycles. The number of methoxy groups -OCH3 is 1. The van der Waals surface area contributed by atoms with Crippen LogP contribution in [-0.4, -0.2) is 65.2 Å². The standard InChI is InChI=1S/C30H34O8/c1-17-22-5-3-4-6-23(22)26(37-17)16-36-21-10-7-18(8-11-21)13-20-14-19(9-12-24(20)35-2)30-29(34)28(33)27(32)25(15-31)38-30/h3-12,14,17,25-34H,13,15-16H2,1-2H3/t17?,25-,26?,27-,28+,29-,30+/m1/s1. The van der Waals surface area contributed by atoms with Gasteiger partial charge in [-0.3, -0.25) is 0 Å². The lowest BCUT2D eigenvalue weighted by Crippen LogP contribution is -2.55. The van der Waals surface area contributed by atoms with E-state index in [4.69, 9.17) is 18.9 Å². The summed E-state index contributed by atoms with van der Waals surface area (Å²) in [5.74, 6) is 1.42. The Morgan fingerprint density at radius 3 is 2.29 bits per heavy atom. The minimum Gasteiger partial charge on any atom is -0.496 e. The zero-order chi connectivity index (χ0) is 26.8. The van der Waals surface area contributed by atoms with Crippen LogP contribution in [0.2, 0.25) is 0 Å². The van der Waals surface area contributed by atoms with Crippen molar-refractivity contribution in [3.63, 3.8) is 0 Å². The molecule has 2 unspecified atom stereocenters. The summed E-state index contributed by atoms with van der Waals surface area (Å²) in [7, 11) is 1.59. The predicted molar refractivity (Wildman–Crippen MR) is 139 cm³/mol. The number of aliphatic hydroxyl groups is 4. The minimum absolute atomic E-state index is 0.0518. The molecule has 7 atom stereocenters. The highest BCUT2D eigenvalue weighted by Crippen LogP contribution is 2.39. The molecule has 0 saturated carbocycles. The molecule has 0 aromatic heterocycles. The smallest absolute Gasteiger partial charge is 0.122 e. The summed E-state index contributed by atoms with van der Waals surface area (Å²) < 4.78 is 23.4. The predicted octanol–water partition coefficient (Wildman–Crippen LogP) is 3.01. The van der Waals surface area contributed by atoms with Gasteiger partial charge in [0, 0.05) is 6.42 Å². The summed E-state index contributed by atoms with van der Waals surface area (Å²) in [5, 5.41) is 40.4. The molecule has 1 fully saturated rings. The zero-order valence-electron chi connectivity index (χ0n) is 21.4. The molecule has 3 aromatic rings. The van der Waals surface area contributed by atoms with E-state index >= 15 is 0 Å². The molecule has 2 aliphatic rings. The van der Waals surface area contributed by atoms with Gasteiger partial charge in [-0.05, 0) is 59.0 Å². The van der Waals surface area contributed by atoms with Gasteiger partial charge in [0.05, 0.1) is 19.8 Å². The second kappa shape index (κ2) is 11.4. The second-order valence-electron chi connectivity index (χ2n) is 9.85. The van der Waals surface area contributed by atoms with E-state index < -0.39 is 37.1 Å². The quantitative estimate of drug-likeness (QED) is 0.357.